The molecule has 0 fully saturated rings. The lowest BCUT2D eigenvalue weighted by Crippen LogP contribution is -2.22. The van der Waals surface area contributed by atoms with Gasteiger partial charge in [-0.25, -0.2) is 0 Å². The van der Waals surface area contributed by atoms with Gasteiger partial charge in [-0.05, 0) is 23.8 Å². The van der Waals surface area contributed by atoms with Gasteiger partial charge in [0.2, 0.25) is 0 Å². The molecule has 2 rings (SSSR count). The number of amides is 1. The molecule has 1 heterocycles. The van der Waals surface area contributed by atoms with Crippen LogP contribution in [0.4, 0.5) is 0 Å². The van der Waals surface area contributed by atoms with Crippen molar-refractivity contribution in [3.8, 4) is 11.5 Å². The number of rotatable bonds is 4. The van der Waals surface area contributed by atoms with Crippen LogP contribution in [0.2, 0.25) is 0 Å². The highest BCUT2D eigenvalue weighted by atomic mass is 16.5. The Morgan fingerprint density at radius 2 is 2.05 bits per heavy atom. The topological polar surface area (TPSA) is 71.5 Å². The Morgan fingerprint density at radius 1 is 1.32 bits per heavy atom. The molecule has 5 heteroatoms. The predicted molar refractivity (Wildman–Crippen MR) is 70.1 cm³/mol. The maximum atomic E-state index is 11.8. The predicted octanol–water partition coefficient (Wildman–Crippen LogP) is 1.73. The van der Waals surface area contributed by atoms with Gasteiger partial charge in [-0.3, -0.25) is 9.78 Å². The maximum absolute atomic E-state index is 11.8. The van der Waals surface area contributed by atoms with Crippen molar-refractivity contribution in [2.24, 2.45) is 0 Å². The van der Waals surface area contributed by atoms with Crippen molar-refractivity contribution in [3.63, 3.8) is 0 Å². The van der Waals surface area contributed by atoms with E-state index in [4.69, 9.17) is 4.74 Å². The zero-order chi connectivity index (χ0) is 13.7. The smallest absolute Gasteiger partial charge is 0.253 e. The van der Waals surface area contributed by atoms with Crippen molar-refractivity contribution in [1.82, 2.24) is 10.3 Å². The van der Waals surface area contributed by atoms with Crippen molar-refractivity contribution in [1.29, 1.82) is 0 Å². The highest BCUT2D eigenvalue weighted by Crippen LogP contribution is 2.12. The number of nitrogens with one attached hydrogen (secondary N) is 1. The Bertz CT molecular complexity index is 567. The molecule has 2 N–H and O–H groups in total. The molecule has 0 bridgehead atoms. The van der Waals surface area contributed by atoms with E-state index in [-0.39, 0.29) is 11.7 Å². The van der Waals surface area contributed by atoms with Gasteiger partial charge in [-0.2, -0.15) is 0 Å². The molecule has 1 amide bonds. The van der Waals surface area contributed by atoms with Crippen molar-refractivity contribution < 1.29 is 14.6 Å². The van der Waals surface area contributed by atoms with Gasteiger partial charge in [0.05, 0.1) is 18.9 Å². The number of aromatic hydroxyl groups is 1. The van der Waals surface area contributed by atoms with Crippen LogP contribution in [-0.4, -0.2) is 23.1 Å². The van der Waals surface area contributed by atoms with E-state index in [0.29, 0.717) is 12.1 Å². The zero-order valence-electron chi connectivity index (χ0n) is 10.5. The third-order valence-corrected chi connectivity index (χ3v) is 2.60. The van der Waals surface area contributed by atoms with E-state index in [1.165, 1.54) is 18.5 Å². The number of nitrogens with zero attached hydrogens (tertiary/aromatic N) is 1. The highest BCUT2D eigenvalue weighted by Gasteiger charge is 2.06. The van der Waals surface area contributed by atoms with Crippen LogP contribution in [0.25, 0.3) is 0 Å². The molecule has 0 aliphatic carbocycles. The molecule has 1 aromatic carbocycles. The normalized spacial score (nSPS) is 9.95. The van der Waals surface area contributed by atoms with E-state index < -0.39 is 0 Å². The first-order valence-electron chi connectivity index (χ1n) is 5.74. The average Bonchev–Trinajstić information content (AvgIpc) is 2.45. The summed E-state index contributed by atoms with van der Waals surface area (Å²) in [5.74, 6) is 0.462. The zero-order valence-corrected chi connectivity index (χ0v) is 10.5. The van der Waals surface area contributed by atoms with Crippen LogP contribution in [0.1, 0.15) is 15.9 Å². The van der Waals surface area contributed by atoms with E-state index in [1.807, 2.05) is 24.3 Å². The van der Waals surface area contributed by atoms with Crippen LogP contribution in [0, 0.1) is 0 Å². The van der Waals surface area contributed by atoms with Gasteiger partial charge in [-0.15, -0.1) is 0 Å². The summed E-state index contributed by atoms with van der Waals surface area (Å²) in [6.45, 7) is 0.401. The first kappa shape index (κ1) is 12.9. The molecule has 0 aliphatic rings. The standard InChI is InChI=1S/C14H14N2O3/c1-19-13-4-2-10(3-5-13)7-16-14(18)11-6-12(17)9-15-8-11/h2-6,8-9,17H,7H2,1H3,(H,16,18). The Kier molecular flexibility index (Phi) is 3.97. The number of carbonyl (C=O) groups is 1. The summed E-state index contributed by atoms with van der Waals surface area (Å²) < 4.78 is 5.05. The molecule has 0 spiro atoms. The summed E-state index contributed by atoms with van der Waals surface area (Å²) in [7, 11) is 1.60. The second-order valence-electron chi connectivity index (χ2n) is 3.96. The number of methoxy groups -OCH3 is 1. The van der Waals surface area contributed by atoms with Crippen molar-refractivity contribution in [2.45, 2.75) is 6.54 Å². The molecule has 0 atom stereocenters. The SMILES string of the molecule is COc1ccc(CNC(=O)c2cncc(O)c2)cc1. The third-order valence-electron chi connectivity index (χ3n) is 2.60. The van der Waals surface area contributed by atoms with Crippen LogP contribution in [-0.2, 0) is 6.54 Å². The fraction of sp³-hybridized carbons (Fsp3) is 0.143. The van der Waals surface area contributed by atoms with E-state index in [0.717, 1.165) is 11.3 Å². The summed E-state index contributed by atoms with van der Waals surface area (Å²) in [5.41, 5.74) is 1.29. The quantitative estimate of drug-likeness (QED) is 0.876. The van der Waals surface area contributed by atoms with E-state index >= 15 is 0 Å². The molecule has 19 heavy (non-hydrogen) atoms. The Hall–Kier alpha value is -2.56. The number of hydrogen-bond donors (Lipinski definition) is 2. The molecule has 2 aromatic rings. The lowest BCUT2D eigenvalue weighted by Gasteiger charge is -2.06. The largest absolute Gasteiger partial charge is 0.506 e. The van der Waals surface area contributed by atoms with E-state index in [1.54, 1.807) is 7.11 Å². The number of hydrogen-bond acceptors (Lipinski definition) is 4. The minimum Gasteiger partial charge on any atom is -0.506 e. The minimum atomic E-state index is -0.279. The van der Waals surface area contributed by atoms with Crippen LogP contribution in [0.15, 0.2) is 42.7 Å². The molecule has 98 valence electrons. The van der Waals surface area contributed by atoms with Crippen molar-refractivity contribution >= 4 is 5.91 Å². The monoisotopic (exact) mass is 258 g/mol. The molecular formula is C14H14N2O3. The van der Waals surface area contributed by atoms with Gasteiger partial charge in [0.25, 0.3) is 5.91 Å². The van der Waals surface area contributed by atoms with E-state index in [2.05, 4.69) is 10.3 Å². The van der Waals surface area contributed by atoms with Crippen LogP contribution in [0.5, 0.6) is 11.5 Å². The molecule has 0 radical (unpaired) electrons. The summed E-state index contributed by atoms with van der Waals surface area (Å²) in [5, 5.41) is 12.0. The molecule has 1 aromatic heterocycles. The summed E-state index contributed by atoms with van der Waals surface area (Å²) in [6.07, 6.45) is 2.68. The van der Waals surface area contributed by atoms with Crippen molar-refractivity contribution in [3.05, 3.63) is 53.9 Å². The van der Waals surface area contributed by atoms with Gasteiger partial charge < -0.3 is 15.2 Å². The second kappa shape index (κ2) is 5.86. The molecule has 0 saturated heterocycles. The fourth-order valence-corrected chi connectivity index (χ4v) is 1.58. The number of ether oxygens (including phenoxy) is 1. The van der Waals surface area contributed by atoms with Crippen LogP contribution >= 0.6 is 0 Å². The first-order chi connectivity index (χ1) is 9.19. The molecule has 5 nitrogen and oxygen atoms in total. The lowest BCUT2D eigenvalue weighted by atomic mass is 10.2. The van der Waals surface area contributed by atoms with Gasteiger partial charge in [0.1, 0.15) is 11.5 Å². The molecule has 0 aliphatic heterocycles. The molecule has 0 saturated carbocycles. The average molecular weight is 258 g/mol. The number of carbonyl (C=O) groups excluding carboxylic acids is 1. The number of aromatic nitrogens is 1. The fourth-order valence-electron chi connectivity index (χ4n) is 1.58. The van der Waals surface area contributed by atoms with Crippen LogP contribution in [0.3, 0.4) is 0 Å². The molecule has 0 unspecified atom stereocenters. The summed E-state index contributed by atoms with van der Waals surface area (Å²) >= 11 is 0. The van der Waals surface area contributed by atoms with E-state index in [9.17, 15) is 9.90 Å². The Balaban J connectivity index is 1.96. The summed E-state index contributed by atoms with van der Waals surface area (Å²) in [4.78, 5) is 15.6. The molecular weight excluding hydrogens is 244 g/mol. The van der Waals surface area contributed by atoms with Crippen molar-refractivity contribution in [2.75, 3.05) is 7.11 Å². The van der Waals surface area contributed by atoms with Crippen LogP contribution < -0.4 is 10.1 Å². The van der Waals surface area contributed by atoms with Gasteiger partial charge in [0, 0.05) is 12.7 Å². The Morgan fingerprint density at radius 3 is 2.68 bits per heavy atom. The number of pyridine rings is 1. The lowest BCUT2D eigenvalue weighted by molar-refractivity contribution is 0.0950. The van der Waals surface area contributed by atoms with Gasteiger partial charge >= 0.3 is 0 Å². The minimum absolute atomic E-state index is 0.0305. The third kappa shape index (κ3) is 3.45. The maximum Gasteiger partial charge on any atom is 0.253 e. The number of benzene rings is 1. The van der Waals surface area contributed by atoms with Gasteiger partial charge in [-0.1, -0.05) is 12.1 Å². The van der Waals surface area contributed by atoms with Gasteiger partial charge in [0.15, 0.2) is 0 Å². The Labute approximate surface area is 110 Å². The summed E-state index contributed by atoms with van der Waals surface area (Å²) in [6, 6.07) is 8.78. The highest BCUT2D eigenvalue weighted by molar-refractivity contribution is 5.94. The first-order valence-corrected chi connectivity index (χ1v) is 5.74. The second-order valence-corrected chi connectivity index (χ2v) is 3.96.